The Morgan fingerprint density at radius 3 is 2.36 bits per heavy atom. The van der Waals surface area contributed by atoms with Crippen molar-refractivity contribution in [1.29, 1.82) is 0 Å². The van der Waals surface area contributed by atoms with Gasteiger partial charge in [-0.3, -0.25) is 14.4 Å². The average Bonchev–Trinajstić information content (AvgIpc) is 2.63. The SMILES string of the molecule is COC(=O)CCCNC(=O)COC(=O)Cc1ccc(OC)c(OC)c1. The lowest BCUT2D eigenvalue weighted by Gasteiger charge is -2.10. The van der Waals surface area contributed by atoms with Crippen molar-refractivity contribution in [2.24, 2.45) is 0 Å². The first-order valence-electron chi connectivity index (χ1n) is 7.70. The van der Waals surface area contributed by atoms with Gasteiger partial charge in [-0.25, -0.2) is 0 Å². The standard InChI is InChI=1S/C17H23NO7/c1-22-13-7-6-12(9-14(13)23-2)10-17(21)25-11-15(19)18-8-4-5-16(20)24-3/h6-7,9H,4-5,8,10-11H2,1-3H3,(H,18,19). The molecule has 138 valence electrons. The van der Waals surface area contributed by atoms with Gasteiger partial charge in [0, 0.05) is 13.0 Å². The maximum absolute atomic E-state index is 11.8. The molecular formula is C17H23NO7. The third-order valence-electron chi connectivity index (χ3n) is 3.27. The molecule has 1 aromatic carbocycles. The van der Waals surface area contributed by atoms with Gasteiger partial charge in [0.2, 0.25) is 0 Å². The van der Waals surface area contributed by atoms with Crippen LogP contribution in [0.5, 0.6) is 11.5 Å². The first-order valence-corrected chi connectivity index (χ1v) is 7.70. The zero-order valence-electron chi connectivity index (χ0n) is 14.6. The average molecular weight is 353 g/mol. The van der Waals surface area contributed by atoms with E-state index in [0.29, 0.717) is 30.0 Å². The molecule has 1 aromatic rings. The second-order valence-corrected chi connectivity index (χ2v) is 5.06. The molecule has 0 spiro atoms. The fourth-order valence-corrected chi connectivity index (χ4v) is 1.97. The second kappa shape index (κ2) is 10.9. The Kier molecular flexibility index (Phi) is 8.84. The summed E-state index contributed by atoms with van der Waals surface area (Å²) in [6, 6.07) is 5.08. The van der Waals surface area contributed by atoms with E-state index < -0.39 is 11.9 Å². The van der Waals surface area contributed by atoms with Gasteiger partial charge < -0.3 is 24.3 Å². The van der Waals surface area contributed by atoms with Crippen LogP contribution in [-0.4, -0.2) is 52.3 Å². The molecule has 0 bridgehead atoms. The van der Waals surface area contributed by atoms with Crippen LogP contribution in [0.4, 0.5) is 0 Å². The van der Waals surface area contributed by atoms with Crippen molar-refractivity contribution >= 4 is 17.8 Å². The highest BCUT2D eigenvalue weighted by atomic mass is 16.5. The number of hydrogen-bond donors (Lipinski definition) is 1. The number of hydrogen-bond acceptors (Lipinski definition) is 7. The molecule has 0 radical (unpaired) electrons. The van der Waals surface area contributed by atoms with Crippen molar-refractivity contribution in [3.63, 3.8) is 0 Å². The van der Waals surface area contributed by atoms with Gasteiger partial charge in [-0.15, -0.1) is 0 Å². The molecule has 0 aliphatic rings. The van der Waals surface area contributed by atoms with Crippen LogP contribution in [0.25, 0.3) is 0 Å². The predicted molar refractivity (Wildman–Crippen MR) is 88.5 cm³/mol. The molecule has 0 heterocycles. The zero-order valence-corrected chi connectivity index (χ0v) is 14.6. The summed E-state index contributed by atoms with van der Waals surface area (Å²) in [5.74, 6) is -0.222. The number of esters is 2. The van der Waals surface area contributed by atoms with E-state index in [1.807, 2.05) is 0 Å². The van der Waals surface area contributed by atoms with Gasteiger partial charge in [0.15, 0.2) is 18.1 Å². The second-order valence-electron chi connectivity index (χ2n) is 5.06. The Bertz CT molecular complexity index is 601. The van der Waals surface area contributed by atoms with E-state index in [1.54, 1.807) is 18.2 Å². The third-order valence-corrected chi connectivity index (χ3v) is 3.27. The van der Waals surface area contributed by atoms with E-state index in [-0.39, 0.29) is 25.4 Å². The maximum Gasteiger partial charge on any atom is 0.310 e. The molecule has 0 aliphatic carbocycles. The first-order chi connectivity index (χ1) is 12.0. The molecule has 0 fully saturated rings. The zero-order chi connectivity index (χ0) is 18.7. The number of benzene rings is 1. The normalized spacial score (nSPS) is 9.88. The Hall–Kier alpha value is -2.77. The maximum atomic E-state index is 11.8. The minimum atomic E-state index is -0.531. The van der Waals surface area contributed by atoms with Crippen molar-refractivity contribution in [3.8, 4) is 11.5 Å². The minimum Gasteiger partial charge on any atom is -0.493 e. The molecule has 0 saturated carbocycles. The molecule has 1 rings (SSSR count). The highest BCUT2D eigenvalue weighted by molar-refractivity contribution is 5.81. The van der Waals surface area contributed by atoms with E-state index in [4.69, 9.17) is 14.2 Å². The Morgan fingerprint density at radius 1 is 1.00 bits per heavy atom. The number of methoxy groups -OCH3 is 3. The summed E-state index contributed by atoms with van der Waals surface area (Å²) < 4.78 is 19.7. The highest BCUT2D eigenvalue weighted by Crippen LogP contribution is 2.27. The van der Waals surface area contributed by atoms with Crippen LogP contribution in [-0.2, 0) is 30.3 Å². The van der Waals surface area contributed by atoms with Crippen molar-refractivity contribution in [3.05, 3.63) is 23.8 Å². The van der Waals surface area contributed by atoms with Crippen LogP contribution < -0.4 is 14.8 Å². The molecule has 25 heavy (non-hydrogen) atoms. The Labute approximate surface area is 146 Å². The molecular weight excluding hydrogens is 330 g/mol. The number of rotatable bonds is 10. The summed E-state index contributed by atoms with van der Waals surface area (Å²) in [5, 5.41) is 2.55. The van der Waals surface area contributed by atoms with E-state index in [1.165, 1.54) is 21.3 Å². The predicted octanol–water partition coefficient (Wildman–Crippen LogP) is 0.859. The lowest BCUT2D eigenvalue weighted by Crippen LogP contribution is -2.30. The first kappa shape index (κ1) is 20.3. The van der Waals surface area contributed by atoms with E-state index in [0.717, 1.165) is 0 Å². The number of ether oxygens (including phenoxy) is 4. The fourth-order valence-electron chi connectivity index (χ4n) is 1.97. The summed E-state index contributed by atoms with van der Waals surface area (Å²) in [6.45, 7) is -0.0640. The van der Waals surface area contributed by atoms with Gasteiger partial charge in [-0.2, -0.15) is 0 Å². The minimum absolute atomic E-state index is 0.00990. The summed E-state index contributed by atoms with van der Waals surface area (Å²) in [5.41, 5.74) is 0.682. The van der Waals surface area contributed by atoms with Gasteiger partial charge in [0.25, 0.3) is 5.91 Å². The number of amides is 1. The van der Waals surface area contributed by atoms with Crippen LogP contribution in [0.2, 0.25) is 0 Å². The lowest BCUT2D eigenvalue weighted by molar-refractivity contribution is -0.147. The van der Waals surface area contributed by atoms with Gasteiger partial charge in [-0.05, 0) is 24.1 Å². The number of carbonyl (C=O) groups excluding carboxylic acids is 3. The van der Waals surface area contributed by atoms with Crippen LogP contribution in [0.1, 0.15) is 18.4 Å². The van der Waals surface area contributed by atoms with Gasteiger partial charge >= 0.3 is 11.9 Å². The largest absolute Gasteiger partial charge is 0.493 e. The number of nitrogens with one attached hydrogen (secondary N) is 1. The molecule has 0 atom stereocenters. The fraction of sp³-hybridized carbons (Fsp3) is 0.471. The summed E-state index contributed by atoms with van der Waals surface area (Å²) in [6.07, 6.45) is 0.684. The molecule has 0 unspecified atom stereocenters. The van der Waals surface area contributed by atoms with Crippen LogP contribution >= 0.6 is 0 Å². The third kappa shape index (κ3) is 7.56. The van der Waals surface area contributed by atoms with Crippen LogP contribution in [0, 0.1) is 0 Å². The summed E-state index contributed by atoms with van der Waals surface area (Å²) in [7, 11) is 4.33. The van der Waals surface area contributed by atoms with E-state index >= 15 is 0 Å². The quantitative estimate of drug-likeness (QED) is 0.492. The van der Waals surface area contributed by atoms with Gasteiger partial charge in [0.05, 0.1) is 27.8 Å². The molecule has 8 heteroatoms. The van der Waals surface area contributed by atoms with Crippen molar-refractivity contribution < 1.29 is 33.3 Å². The molecule has 0 aliphatic heterocycles. The topological polar surface area (TPSA) is 100 Å². The summed E-state index contributed by atoms with van der Waals surface area (Å²) in [4.78, 5) is 34.3. The van der Waals surface area contributed by atoms with Crippen LogP contribution in [0.15, 0.2) is 18.2 Å². The van der Waals surface area contributed by atoms with Crippen LogP contribution in [0.3, 0.4) is 0 Å². The van der Waals surface area contributed by atoms with E-state index in [2.05, 4.69) is 10.1 Å². The van der Waals surface area contributed by atoms with Crippen molar-refractivity contribution in [2.75, 3.05) is 34.5 Å². The van der Waals surface area contributed by atoms with Gasteiger partial charge in [-0.1, -0.05) is 6.07 Å². The lowest BCUT2D eigenvalue weighted by atomic mass is 10.1. The van der Waals surface area contributed by atoms with Gasteiger partial charge in [0.1, 0.15) is 0 Å². The Morgan fingerprint density at radius 2 is 1.72 bits per heavy atom. The molecule has 0 aromatic heterocycles. The molecule has 0 saturated heterocycles. The molecule has 1 N–H and O–H groups in total. The Balaban J connectivity index is 2.32. The molecule has 8 nitrogen and oxygen atoms in total. The van der Waals surface area contributed by atoms with Crippen molar-refractivity contribution in [1.82, 2.24) is 5.32 Å². The van der Waals surface area contributed by atoms with Crippen molar-refractivity contribution in [2.45, 2.75) is 19.3 Å². The molecule has 1 amide bonds. The highest BCUT2D eigenvalue weighted by Gasteiger charge is 2.11. The van der Waals surface area contributed by atoms with E-state index in [9.17, 15) is 14.4 Å². The smallest absolute Gasteiger partial charge is 0.310 e. The summed E-state index contributed by atoms with van der Waals surface area (Å²) >= 11 is 0. The number of carbonyl (C=O) groups is 3. The monoisotopic (exact) mass is 353 g/mol.